The molecule has 2 N–H and O–H groups in total. The number of aliphatic hydroxyl groups excluding tert-OH is 1. The Kier molecular flexibility index (Phi) is 8.70. The van der Waals surface area contributed by atoms with E-state index in [0.717, 1.165) is 19.4 Å². The zero-order valence-corrected chi connectivity index (χ0v) is 14.2. The molecule has 1 aliphatic rings. The lowest BCUT2D eigenvalue weighted by atomic mass is 10.1. The maximum atomic E-state index is 10.1. The number of hydrogen-bond acceptors (Lipinski definition) is 2. The van der Waals surface area contributed by atoms with E-state index in [1.54, 1.807) is 0 Å². The summed E-state index contributed by atoms with van der Waals surface area (Å²) in [5, 5.41) is 13.5. The number of hydrogen-bond donors (Lipinski definition) is 2. The van der Waals surface area contributed by atoms with Gasteiger partial charge in [0.15, 0.2) is 12.4 Å². The highest BCUT2D eigenvalue weighted by atomic mass is 16.3. The Labute approximate surface area is 131 Å². The first-order valence-electron chi connectivity index (χ1n) is 8.81. The molecule has 3 unspecified atom stereocenters. The van der Waals surface area contributed by atoms with Gasteiger partial charge in [-0.25, -0.2) is 0 Å². The summed E-state index contributed by atoms with van der Waals surface area (Å²) in [5.41, 5.74) is 0. The Morgan fingerprint density at radius 2 is 1.86 bits per heavy atom. The van der Waals surface area contributed by atoms with Gasteiger partial charge in [-0.3, -0.25) is 4.48 Å². The third-order valence-electron chi connectivity index (χ3n) is 4.71. The number of rotatable bonds is 11. The molecule has 0 aromatic heterocycles. The Morgan fingerprint density at radius 3 is 2.52 bits per heavy atom. The number of quaternary nitrogens is 1. The topological polar surface area (TPSA) is 32.3 Å². The average molecular weight is 295 g/mol. The molecule has 0 aromatic rings. The molecule has 0 fully saturated rings. The van der Waals surface area contributed by atoms with Crippen LogP contribution in [0.2, 0.25) is 0 Å². The third-order valence-corrected chi connectivity index (χ3v) is 4.71. The van der Waals surface area contributed by atoms with Gasteiger partial charge in [0, 0.05) is 13.3 Å². The molecule has 0 amide bonds. The molecule has 3 atom stereocenters. The fourth-order valence-corrected chi connectivity index (χ4v) is 3.19. The molecule has 1 aliphatic heterocycles. The van der Waals surface area contributed by atoms with E-state index >= 15 is 0 Å². The highest BCUT2D eigenvalue weighted by molar-refractivity contribution is 4.88. The molecule has 0 spiro atoms. The molecule has 3 nitrogen and oxygen atoms in total. The van der Waals surface area contributed by atoms with Gasteiger partial charge in [0.2, 0.25) is 0 Å². The van der Waals surface area contributed by atoms with Crippen molar-refractivity contribution in [1.29, 1.82) is 0 Å². The third kappa shape index (κ3) is 5.48. The maximum Gasteiger partial charge on any atom is 0.193 e. The van der Waals surface area contributed by atoms with Crippen LogP contribution >= 0.6 is 0 Å². The average Bonchev–Trinajstić information content (AvgIpc) is 2.89. The van der Waals surface area contributed by atoms with Gasteiger partial charge >= 0.3 is 0 Å². The normalized spacial score (nSPS) is 26.4. The summed E-state index contributed by atoms with van der Waals surface area (Å²) in [4.78, 5) is 0. The fraction of sp³-hybridized carbons (Fsp3) is 0.778. The number of nitrogens with zero attached hydrogens (tertiary/aromatic N) is 1. The summed E-state index contributed by atoms with van der Waals surface area (Å²) in [7, 11) is 0. The molecular weight excluding hydrogens is 260 g/mol. The smallest absolute Gasteiger partial charge is 0.193 e. The first kappa shape index (κ1) is 18.2. The first-order valence-corrected chi connectivity index (χ1v) is 8.81. The van der Waals surface area contributed by atoms with Crippen LogP contribution in [0.25, 0.3) is 0 Å². The molecule has 122 valence electrons. The van der Waals surface area contributed by atoms with Gasteiger partial charge in [-0.1, -0.05) is 44.8 Å². The molecule has 1 rings (SSSR count). The molecule has 0 saturated carbocycles. The van der Waals surface area contributed by atoms with Crippen LogP contribution in [0.1, 0.15) is 72.1 Å². The molecule has 0 radical (unpaired) electrons. The summed E-state index contributed by atoms with van der Waals surface area (Å²) in [5.74, 6) is 0. The summed E-state index contributed by atoms with van der Waals surface area (Å²) < 4.78 is 0.644. The Balaban J connectivity index is 2.20. The molecule has 1 heterocycles. The number of aliphatic hydroxyl groups is 1. The van der Waals surface area contributed by atoms with Crippen LogP contribution < -0.4 is 5.32 Å². The minimum Gasteiger partial charge on any atom is -0.345 e. The van der Waals surface area contributed by atoms with Crippen molar-refractivity contribution in [3.8, 4) is 0 Å². The number of nitrogens with one attached hydrogen (secondary N) is 1. The van der Waals surface area contributed by atoms with Gasteiger partial charge in [-0.05, 0) is 26.2 Å². The van der Waals surface area contributed by atoms with Crippen molar-refractivity contribution in [3.05, 3.63) is 24.6 Å². The molecule has 0 aliphatic carbocycles. The van der Waals surface area contributed by atoms with Crippen LogP contribution in [0.3, 0.4) is 0 Å². The molecule has 3 heteroatoms. The van der Waals surface area contributed by atoms with Crippen LogP contribution in [-0.4, -0.2) is 28.5 Å². The van der Waals surface area contributed by atoms with Gasteiger partial charge in [0.05, 0.1) is 12.7 Å². The molecular formula is C18H35N2O+. The van der Waals surface area contributed by atoms with E-state index in [1.807, 2.05) is 13.1 Å². The van der Waals surface area contributed by atoms with Gasteiger partial charge < -0.3 is 10.4 Å². The van der Waals surface area contributed by atoms with Crippen molar-refractivity contribution in [2.75, 3.05) is 6.54 Å². The highest BCUT2D eigenvalue weighted by Crippen LogP contribution is 2.25. The van der Waals surface area contributed by atoms with Crippen LogP contribution in [0.15, 0.2) is 24.6 Å². The van der Waals surface area contributed by atoms with Crippen molar-refractivity contribution in [3.63, 3.8) is 0 Å². The zero-order chi connectivity index (χ0) is 15.6. The standard InChI is InChI=1S/C18H35N2O/c1-4-6-7-8-9-10-11-12-13-14-18-19-15-16-20(18,5-2)17(3)21/h11-12,15-19,21H,4-10,13-14H2,1-3H3/q+1/b12-11+. The predicted octanol–water partition coefficient (Wildman–Crippen LogP) is 4.26. The summed E-state index contributed by atoms with van der Waals surface area (Å²) in [6.07, 6.45) is 18.8. The van der Waals surface area contributed by atoms with Crippen LogP contribution in [-0.2, 0) is 0 Å². The summed E-state index contributed by atoms with van der Waals surface area (Å²) in [6, 6.07) is 0. The fourth-order valence-electron chi connectivity index (χ4n) is 3.19. The van der Waals surface area contributed by atoms with E-state index < -0.39 is 0 Å². The van der Waals surface area contributed by atoms with Crippen LogP contribution in [0.5, 0.6) is 0 Å². The SMILES string of the molecule is CCCCCCC/C=C/CCC1NC=C[N+]1(CC)C(C)O. The maximum absolute atomic E-state index is 10.1. The monoisotopic (exact) mass is 295 g/mol. The van der Waals surface area contributed by atoms with E-state index in [-0.39, 0.29) is 6.23 Å². The lowest BCUT2D eigenvalue weighted by Gasteiger charge is -2.39. The van der Waals surface area contributed by atoms with Crippen LogP contribution in [0.4, 0.5) is 0 Å². The molecule has 21 heavy (non-hydrogen) atoms. The second-order valence-corrected chi connectivity index (χ2v) is 6.19. The number of unbranched alkanes of at least 4 members (excludes halogenated alkanes) is 5. The van der Waals surface area contributed by atoms with E-state index in [2.05, 4.69) is 37.5 Å². The van der Waals surface area contributed by atoms with Gasteiger partial charge in [0.1, 0.15) is 6.20 Å². The molecule has 0 saturated heterocycles. The Bertz CT molecular complexity index is 325. The van der Waals surface area contributed by atoms with Crippen LogP contribution in [0, 0.1) is 0 Å². The minimum absolute atomic E-state index is 0.309. The Hall–Kier alpha value is -0.800. The van der Waals surface area contributed by atoms with Gasteiger partial charge in [0.25, 0.3) is 0 Å². The first-order chi connectivity index (χ1) is 10.2. The summed E-state index contributed by atoms with van der Waals surface area (Å²) in [6.45, 7) is 7.21. The number of allylic oxidation sites excluding steroid dienone is 2. The van der Waals surface area contributed by atoms with Crippen molar-refractivity contribution >= 4 is 0 Å². The van der Waals surface area contributed by atoms with Gasteiger partial charge in [-0.15, -0.1) is 0 Å². The highest BCUT2D eigenvalue weighted by Gasteiger charge is 2.40. The van der Waals surface area contributed by atoms with Gasteiger partial charge in [-0.2, -0.15) is 0 Å². The second-order valence-electron chi connectivity index (χ2n) is 6.19. The second kappa shape index (κ2) is 10.0. The minimum atomic E-state index is -0.353. The predicted molar refractivity (Wildman–Crippen MR) is 90.3 cm³/mol. The van der Waals surface area contributed by atoms with E-state index in [9.17, 15) is 5.11 Å². The quantitative estimate of drug-likeness (QED) is 0.339. The van der Waals surface area contributed by atoms with Crippen molar-refractivity contribution in [2.24, 2.45) is 0 Å². The van der Waals surface area contributed by atoms with E-state index in [1.165, 1.54) is 38.5 Å². The van der Waals surface area contributed by atoms with Crippen molar-refractivity contribution in [1.82, 2.24) is 5.32 Å². The summed E-state index contributed by atoms with van der Waals surface area (Å²) >= 11 is 0. The lowest BCUT2D eigenvalue weighted by Crippen LogP contribution is -2.57. The zero-order valence-electron chi connectivity index (χ0n) is 14.2. The largest absolute Gasteiger partial charge is 0.345 e. The van der Waals surface area contributed by atoms with E-state index in [0.29, 0.717) is 10.6 Å². The Morgan fingerprint density at radius 1 is 1.14 bits per heavy atom. The van der Waals surface area contributed by atoms with Crippen molar-refractivity contribution in [2.45, 2.75) is 84.5 Å². The lowest BCUT2D eigenvalue weighted by molar-refractivity contribution is -0.942. The molecule has 0 aromatic carbocycles. The molecule has 0 bridgehead atoms. The van der Waals surface area contributed by atoms with Crippen molar-refractivity contribution < 1.29 is 9.59 Å². The van der Waals surface area contributed by atoms with E-state index in [4.69, 9.17) is 0 Å².